The third kappa shape index (κ3) is 4.55. The van der Waals surface area contributed by atoms with Gasteiger partial charge in [0.1, 0.15) is 36.6 Å². The zero-order valence-electron chi connectivity index (χ0n) is 17.1. The number of methoxy groups -OCH3 is 1. The number of hydrogen-bond donors (Lipinski definition) is 5. The number of carbonyl (C=O) groups excluding carboxylic acids is 2. The van der Waals surface area contributed by atoms with Crippen LogP contribution in [-0.4, -0.2) is 100 Å². The van der Waals surface area contributed by atoms with E-state index in [0.717, 1.165) is 6.26 Å². The van der Waals surface area contributed by atoms with Crippen LogP contribution in [0.2, 0.25) is 0 Å². The molecule has 0 amide bonds. The normalized spacial score (nSPS) is 42.2. The van der Waals surface area contributed by atoms with Crippen molar-refractivity contribution >= 4 is 11.9 Å². The molecule has 5 N–H and O–H groups in total. The highest BCUT2D eigenvalue weighted by atomic mass is 16.8. The van der Waals surface area contributed by atoms with E-state index in [1.807, 2.05) is 0 Å². The number of rotatable bonds is 6. The Balaban J connectivity index is 1.86. The van der Waals surface area contributed by atoms with Crippen molar-refractivity contribution in [2.24, 2.45) is 11.8 Å². The van der Waals surface area contributed by atoms with Crippen molar-refractivity contribution in [1.82, 2.24) is 0 Å². The van der Waals surface area contributed by atoms with Gasteiger partial charge in [0.25, 0.3) is 0 Å². The lowest BCUT2D eigenvalue weighted by Crippen LogP contribution is -2.61. The summed E-state index contributed by atoms with van der Waals surface area (Å²) in [5.74, 6) is -2.75. The molecule has 0 aromatic rings. The van der Waals surface area contributed by atoms with Gasteiger partial charge in [-0.3, -0.25) is 4.79 Å². The van der Waals surface area contributed by atoms with Crippen molar-refractivity contribution in [1.29, 1.82) is 0 Å². The highest BCUT2D eigenvalue weighted by Crippen LogP contribution is 2.50. The van der Waals surface area contributed by atoms with Gasteiger partial charge in [-0.05, 0) is 12.8 Å². The first-order valence-electron chi connectivity index (χ1n) is 9.88. The van der Waals surface area contributed by atoms with Crippen LogP contribution < -0.4 is 0 Å². The van der Waals surface area contributed by atoms with Crippen molar-refractivity contribution in [2.45, 2.75) is 62.4 Å². The molecule has 1 saturated heterocycles. The van der Waals surface area contributed by atoms with Crippen molar-refractivity contribution < 1.29 is 58.8 Å². The lowest BCUT2D eigenvalue weighted by Gasteiger charge is -2.44. The molecule has 1 aliphatic carbocycles. The van der Waals surface area contributed by atoms with Gasteiger partial charge in [0, 0.05) is 12.8 Å². The number of fused-ring (bicyclic) bond motifs is 1. The summed E-state index contributed by atoms with van der Waals surface area (Å²) in [4.78, 5) is 23.5. The molecule has 12 heteroatoms. The molecule has 1 saturated carbocycles. The highest BCUT2D eigenvalue weighted by Gasteiger charge is 2.58. The average molecular weight is 448 g/mol. The standard InChI is InChI=1S/C19H28O12/c1-8(21)29-7-19(26)4-3-9-10(16(25)27-2)6-28-17(12(9)19)31-18-15(24)14(23)13(22)11(5-20)30-18/h6,9,11-15,17-18,20,22-24,26H,3-5,7H2,1-2H3/t9-,11-,12-,13-,14+,15-,17+,18+,19+/m1/s1. The molecule has 9 atom stereocenters. The van der Waals surface area contributed by atoms with E-state index in [2.05, 4.69) is 0 Å². The van der Waals surface area contributed by atoms with E-state index in [0.29, 0.717) is 6.42 Å². The van der Waals surface area contributed by atoms with Crippen LogP contribution in [0.4, 0.5) is 0 Å². The Morgan fingerprint density at radius 2 is 1.90 bits per heavy atom. The topological polar surface area (TPSA) is 181 Å². The second-order valence-corrected chi connectivity index (χ2v) is 7.96. The lowest BCUT2D eigenvalue weighted by molar-refractivity contribution is -0.347. The molecule has 0 aromatic heterocycles. The fourth-order valence-electron chi connectivity index (χ4n) is 4.37. The molecule has 3 aliphatic rings. The number of carbonyl (C=O) groups is 2. The Morgan fingerprint density at radius 1 is 1.19 bits per heavy atom. The largest absolute Gasteiger partial charge is 0.471 e. The van der Waals surface area contributed by atoms with Gasteiger partial charge in [0.05, 0.1) is 31.5 Å². The third-order valence-electron chi connectivity index (χ3n) is 6.03. The Labute approximate surface area is 177 Å². The van der Waals surface area contributed by atoms with Gasteiger partial charge >= 0.3 is 11.9 Å². The number of ether oxygens (including phenoxy) is 5. The summed E-state index contributed by atoms with van der Waals surface area (Å²) < 4.78 is 26.4. The van der Waals surface area contributed by atoms with Crippen LogP contribution in [0.15, 0.2) is 11.8 Å². The van der Waals surface area contributed by atoms with Crippen LogP contribution in [0.1, 0.15) is 19.8 Å². The minimum atomic E-state index is -1.69. The second kappa shape index (κ2) is 9.36. The lowest BCUT2D eigenvalue weighted by atomic mass is 9.80. The number of hydrogen-bond acceptors (Lipinski definition) is 12. The first kappa shape index (κ1) is 23.9. The van der Waals surface area contributed by atoms with Crippen molar-refractivity contribution in [3.8, 4) is 0 Å². The molecule has 12 nitrogen and oxygen atoms in total. The molecule has 2 aliphatic heterocycles. The van der Waals surface area contributed by atoms with E-state index in [-0.39, 0.29) is 18.6 Å². The Morgan fingerprint density at radius 3 is 2.52 bits per heavy atom. The van der Waals surface area contributed by atoms with Gasteiger partial charge in [-0.2, -0.15) is 0 Å². The first-order chi connectivity index (χ1) is 14.6. The molecule has 0 bridgehead atoms. The molecule has 0 spiro atoms. The smallest absolute Gasteiger partial charge is 0.337 e. The summed E-state index contributed by atoms with van der Waals surface area (Å²) in [5.41, 5.74) is -1.46. The molecular weight excluding hydrogens is 420 g/mol. The van der Waals surface area contributed by atoms with E-state index < -0.39 is 73.0 Å². The van der Waals surface area contributed by atoms with Gasteiger partial charge in [0.2, 0.25) is 6.29 Å². The molecule has 176 valence electrons. The van der Waals surface area contributed by atoms with E-state index in [1.165, 1.54) is 14.0 Å². The van der Waals surface area contributed by atoms with Crippen LogP contribution in [0.25, 0.3) is 0 Å². The molecule has 0 unspecified atom stereocenters. The number of aliphatic hydroxyl groups is 5. The highest BCUT2D eigenvalue weighted by molar-refractivity contribution is 5.89. The fraction of sp³-hybridized carbons (Fsp3) is 0.789. The summed E-state index contributed by atoms with van der Waals surface area (Å²) in [5, 5.41) is 50.7. The molecule has 2 fully saturated rings. The predicted molar refractivity (Wildman–Crippen MR) is 97.6 cm³/mol. The molecular formula is C19H28O12. The van der Waals surface area contributed by atoms with E-state index in [9.17, 15) is 35.1 Å². The molecule has 2 heterocycles. The first-order valence-corrected chi connectivity index (χ1v) is 9.88. The van der Waals surface area contributed by atoms with Crippen LogP contribution in [0.5, 0.6) is 0 Å². The van der Waals surface area contributed by atoms with Crippen molar-refractivity contribution in [3.63, 3.8) is 0 Å². The average Bonchev–Trinajstić information content (AvgIpc) is 3.10. The van der Waals surface area contributed by atoms with Gasteiger partial charge in [0.15, 0.2) is 6.29 Å². The SMILES string of the molecule is COC(=O)C1=CO[C@@H](O[C@@H]2O[C@H](CO)[C@@H](O)[C@H](O)[C@H]2O)[C@H]2[C@@H]1CC[C@]2(O)COC(C)=O. The molecule has 3 rings (SSSR count). The number of aliphatic hydroxyl groups excluding tert-OH is 4. The Kier molecular flexibility index (Phi) is 7.21. The monoisotopic (exact) mass is 448 g/mol. The summed E-state index contributed by atoms with van der Waals surface area (Å²) in [6.07, 6.45) is -7.29. The zero-order chi connectivity index (χ0) is 22.9. The predicted octanol–water partition coefficient (Wildman–Crippen LogP) is -2.46. The van der Waals surface area contributed by atoms with Gasteiger partial charge in [-0.25, -0.2) is 4.79 Å². The van der Waals surface area contributed by atoms with E-state index in [1.54, 1.807) is 0 Å². The quantitative estimate of drug-likeness (QED) is 0.271. The van der Waals surface area contributed by atoms with Crippen LogP contribution >= 0.6 is 0 Å². The third-order valence-corrected chi connectivity index (χ3v) is 6.03. The van der Waals surface area contributed by atoms with Crippen LogP contribution in [0.3, 0.4) is 0 Å². The van der Waals surface area contributed by atoms with Crippen LogP contribution in [0, 0.1) is 11.8 Å². The zero-order valence-corrected chi connectivity index (χ0v) is 17.1. The number of esters is 2. The summed E-state index contributed by atoms with van der Waals surface area (Å²) in [7, 11) is 1.20. The summed E-state index contributed by atoms with van der Waals surface area (Å²) in [6.45, 7) is 0.163. The molecule has 31 heavy (non-hydrogen) atoms. The minimum absolute atomic E-state index is 0.155. The maximum absolute atomic E-state index is 12.2. The van der Waals surface area contributed by atoms with Gasteiger partial charge in [-0.15, -0.1) is 0 Å². The Bertz CT molecular complexity index is 708. The maximum atomic E-state index is 12.2. The summed E-state index contributed by atoms with van der Waals surface area (Å²) in [6, 6.07) is 0. The van der Waals surface area contributed by atoms with E-state index >= 15 is 0 Å². The fourth-order valence-corrected chi connectivity index (χ4v) is 4.37. The summed E-state index contributed by atoms with van der Waals surface area (Å²) >= 11 is 0. The van der Waals surface area contributed by atoms with Crippen molar-refractivity contribution in [2.75, 3.05) is 20.3 Å². The Hall–Kier alpha value is -1.80. The minimum Gasteiger partial charge on any atom is -0.471 e. The molecule has 0 radical (unpaired) electrons. The van der Waals surface area contributed by atoms with E-state index in [4.69, 9.17) is 23.7 Å². The van der Waals surface area contributed by atoms with Crippen molar-refractivity contribution in [3.05, 3.63) is 11.8 Å². The van der Waals surface area contributed by atoms with Crippen LogP contribution in [-0.2, 0) is 33.3 Å². The van der Waals surface area contributed by atoms with Gasteiger partial charge < -0.3 is 49.2 Å². The molecule has 0 aromatic carbocycles. The maximum Gasteiger partial charge on any atom is 0.337 e. The van der Waals surface area contributed by atoms with Gasteiger partial charge in [-0.1, -0.05) is 0 Å². The second-order valence-electron chi connectivity index (χ2n) is 7.96.